The second-order valence-electron chi connectivity index (χ2n) is 8.53. The molecule has 1 saturated carbocycles. The van der Waals surface area contributed by atoms with Crippen molar-refractivity contribution in [2.24, 2.45) is 10.4 Å². The third-order valence-electron chi connectivity index (χ3n) is 6.51. The Morgan fingerprint density at radius 1 is 1.13 bits per heavy atom. The minimum atomic E-state index is 0.371. The Bertz CT molecular complexity index is 626. The van der Waals surface area contributed by atoms with Crippen molar-refractivity contribution in [2.75, 3.05) is 71.5 Å². The van der Waals surface area contributed by atoms with Crippen molar-refractivity contribution >= 4 is 11.9 Å². The van der Waals surface area contributed by atoms with Crippen molar-refractivity contribution in [2.45, 2.75) is 38.5 Å². The van der Waals surface area contributed by atoms with Gasteiger partial charge in [0.05, 0.1) is 0 Å². The van der Waals surface area contributed by atoms with Crippen LogP contribution in [0.5, 0.6) is 0 Å². The van der Waals surface area contributed by atoms with Crippen LogP contribution in [0.4, 0.5) is 5.95 Å². The van der Waals surface area contributed by atoms with Crippen LogP contribution in [0, 0.1) is 5.41 Å². The van der Waals surface area contributed by atoms with Gasteiger partial charge in [-0.1, -0.05) is 12.8 Å². The van der Waals surface area contributed by atoms with Gasteiger partial charge in [0.1, 0.15) is 0 Å². The fourth-order valence-corrected chi connectivity index (χ4v) is 4.59. The molecule has 1 aromatic heterocycles. The number of rotatable bonds is 10. The highest BCUT2D eigenvalue weighted by Gasteiger charge is 2.33. The molecule has 0 aromatic carbocycles. The summed E-state index contributed by atoms with van der Waals surface area (Å²) in [5, 5.41) is 7.06. The molecule has 0 amide bonds. The Hall–Kier alpha value is -1.93. The predicted octanol–water partition coefficient (Wildman–Crippen LogP) is 1.75. The summed E-state index contributed by atoms with van der Waals surface area (Å²) in [5.74, 6) is 1.77. The lowest BCUT2D eigenvalue weighted by molar-refractivity contribution is 0.138. The zero-order valence-electron chi connectivity index (χ0n) is 18.8. The van der Waals surface area contributed by atoms with Crippen LogP contribution in [0.25, 0.3) is 0 Å². The van der Waals surface area contributed by atoms with Crippen LogP contribution in [-0.4, -0.2) is 87.4 Å². The van der Waals surface area contributed by atoms with E-state index in [1.54, 1.807) is 7.11 Å². The van der Waals surface area contributed by atoms with Crippen LogP contribution in [0.15, 0.2) is 23.5 Å². The van der Waals surface area contributed by atoms with Crippen LogP contribution in [0.1, 0.15) is 38.5 Å². The molecule has 0 unspecified atom stereocenters. The number of guanidine groups is 1. The molecule has 2 fully saturated rings. The average molecular weight is 418 g/mol. The zero-order chi connectivity index (χ0) is 21.1. The molecule has 30 heavy (non-hydrogen) atoms. The van der Waals surface area contributed by atoms with Crippen LogP contribution in [0.2, 0.25) is 0 Å². The number of nitrogens with one attached hydrogen (secondary N) is 2. The number of hydrogen-bond acceptors (Lipinski definition) is 6. The standard InChI is InChI=1S/C22H39N7O/c1-23-20(27-19-22(9-18-30-2)7-3-4-8-22)24-12-6-13-28-14-16-29(17-15-28)21-25-10-5-11-26-21/h5,10-11H,3-4,6-9,12-19H2,1-2H3,(H2,23,24,27). The van der Waals surface area contributed by atoms with Crippen molar-refractivity contribution in [1.29, 1.82) is 0 Å². The second kappa shape index (κ2) is 12.1. The zero-order valence-corrected chi connectivity index (χ0v) is 18.8. The van der Waals surface area contributed by atoms with Gasteiger partial charge in [-0.25, -0.2) is 9.97 Å². The fourth-order valence-electron chi connectivity index (χ4n) is 4.59. The molecule has 3 rings (SSSR count). The summed E-state index contributed by atoms with van der Waals surface area (Å²) < 4.78 is 5.34. The van der Waals surface area contributed by atoms with E-state index in [-0.39, 0.29) is 0 Å². The summed E-state index contributed by atoms with van der Waals surface area (Å²) >= 11 is 0. The van der Waals surface area contributed by atoms with E-state index in [2.05, 4.69) is 35.4 Å². The normalized spacial score (nSPS) is 19.8. The van der Waals surface area contributed by atoms with Crippen molar-refractivity contribution in [1.82, 2.24) is 25.5 Å². The predicted molar refractivity (Wildman–Crippen MR) is 122 cm³/mol. The lowest BCUT2D eigenvalue weighted by atomic mass is 9.83. The third-order valence-corrected chi connectivity index (χ3v) is 6.51. The first-order valence-electron chi connectivity index (χ1n) is 11.4. The number of anilines is 1. The van der Waals surface area contributed by atoms with Gasteiger partial charge in [-0.05, 0) is 43.7 Å². The maximum absolute atomic E-state index is 5.34. The monoisotopic (exact) mass is 417 g/mol. The van der Waals surface area contributed by atoms with Crippen LogP contribution in [0.3, 0.4) is 0 Å². The molecule has 8 heteroatoms. The number of aliphatic imine (C=N–C) groups is 1. The molecule has 1 aromatic rings. The minimum absolute atomic E-state index is 0.371. The smallest absolute Gasteiger partial charge is 0.225 e. The molecule has 2 aliphatic rings. The van der Waals surface area contributed by atoms with Gasteiger partial charge in [-0.3, -0.25) is 9.89 Å². The number of methoxy groups -OCH3 is 1. The topological polar surface area (TPSA) is 77.9 Å². The Kier molecular flexibility index (Phi) is 9.14. The van der Waals surface area contributed by atoms with E-state index in [4.69, 9.17) is 4.74 Å². The second-order valence-corrected chi connectivity index (χ2v) is 8.53. The largest absolute Gasteiger partial charge is 0.385 e. The first-order chi connectivity index (χ1) is 14.7. The van der Waals surface area contributed by atoms with Crippen molar-refractivity contribution in [3.8, 4) is 0 Å². The van der Waals surface area contributed by atoms with Gasteiger partial charge in [0, 0.05) is 72.4 Å². The first kappa shape index (κ1) is 22.7. The molecule has 1 aliphatic heterocycles. The van der Waals surface area contributed by atoms with Gasteiger partial charge < -0.3 is 20.3 Å². The van der Waals surface area contributed by atoms with Gasteiger partial charge in [-0.15, -0.1) is 0 Å². The Morgan fingerprint density at radius 2 is 1.87 bits per heavy atom. The Balaban J connectivity index is 1.31. The molecule has 1 aliphatic carbocycles. The first-order valence-corrected chi connectivity index (χ1v) is 11.4. The van der Waals surface area contributed by atoms with Gasteiger partial charge in [0.15, 0.2) is 5.96 Å². The Morgan fingerprint density at radius 3 is 2.53 bits per heavy atom. The summed E-state index contributed by atoms with van der Waals surface area (Å²) in [6.07, 6.45) is 11.1. The summed E-state index contributed by atoms with van der Waals surface area (Å²) in [6.45, 7) is 7.98. The van der Waals surface area contributed by atoms with E-state index in [1.807, 2.05) is 25.5 Å². The highest BCUT2D eigenvalue weighted by atomic mass is 16.5. The van der Waals surface area contributed by atoms with E-state index in [9.17, 15) is 0 Å². The van der Waals surface area contributed by atoms with E-state index in [1.165, 1.54) is 25.7 Å². The lowest BCUT2D eigenvalue weighted by Crippen LogP contribution is -2.48. The maximum atomic E-state index is 5.34. The number of nitrogens with zero attached hydrogens (tertiary/aromatic N) is 5. The molecule has 1 saturated heterocycles. The average Bonchev–Trinajstić information content (AvgIpc) is 3.27. The molecule has 0 bridgehead atoms. The molecule has 168 valence electrons. The van der Waals surface area contributed by atoms with Crippen molar-refractivity contribution in [3.63, 3.8) is 0 Å². The quantitative estimate of drug-likeness (QED) is 0.341. The van der Waals surface area contributed by atoms with Crippen LogP contribution in [-0.2, 0) is 4.74 Å². The Labute approximate surface area is 181 Å². The third kappa shape index (κ3) is 6.80. The van der Waals surface area contributed by atoms with Gasteiger partial charge in [0.2, 0.25) is 5.95 Å². The van der Waals surface area contributed by atoms with Crippen molar-refractivity contribution < 1.29 is 4.74 Å². The highest BCUT2D eigenvalue weighted by molar-refractivity contribution is 5.79. The summed E-state index contributed by atoms with van der Waals surface area (Å²) in [6, 6.07) is 1.86. The highest BCUT2D eigenvalue weighted by Crippen LogP contribution is 2.40. The van der Waals surface area contributed by atoms with E-state index >= 15 is 0 Å². The SMILES string of the molecule is CN=C(NCCCN1CCN(c2ncccn2)CC1)NCC1(CCOC)CCCC1. The molecular weight excluding hydrogens is 378 g/mol. The van der Waals surface area contributed by atoms with E-state index in [0.29, 0.717) is 5.41 Å². The summed E-state index contributed by atoms with van der Waals surface area (Å²) in [4.78, 5) is 17.9. The van der Waals surface area contributed by atoms with E-state index in [0.717, 1.165) is 77.2 Å². The number of ether oxygens (including phenoxy) is 1. The van der Waals surface area contributed by atoms with Gasteiger partial charge >= 0.3 is 0 Å². The number of piperazine rings is 1. The number of aromatic nitrogens is 2. The maximum Gasteiger partial charge on any atom is 0.225 e. The van der Waals surface area contributed by atoms with Gasteiger partial charge in [0.25, 0.3) is 0 Å². The minimum Gasteiger partial charge on any atom is -0.385 e. The molecule has 0 atom stereocenters. The molecule has 8 nitrogen and oxygen atoms in total. The lowest BCUT2D eigenvalue weighted by Gasteiger charge is -2.34. The number of hydrogen-bond donors (Lipinski definition) is 2. The van der Waals surface area contributed by atoms with Gasteiger partial charge in [-0.2, -0.15) is 0 Å². The molecule has 0 spiro atoms. The van der Waals surface area contributed by atoms with Crippen molar-refractivity contribution in [3.05, 3.63) is 18.5 Å². The summed E-state index contributed by atoms with van der Waals surface area (Å²) in [7, 11) is 3.66. The van der Waals surface area contributed by atoms with Crippen LogP contribution >= 0.6 is 0 Å². The van der Waals surface area contributed by atoms with E-state index < -0.39 is 0 Å². The summed E-state index contributed by atoms with van der Waals surface area (Å²) in [5.41, 5.74) is 0.371. The molecule has 2 N–H and O–H groups in total. The molecular formula is C22H39N7O. The van der Waals surface area contributed by atoms with Crippen LogP contribution < -0.4 is 15.5 Å². The fraction of sp³-hybridized carbons (Fsp3) is 0.773. The molecule has 2 heterocycles. The molecule has 0 radical (unpaired) electrons.